The van der Waals surface area contributed by atoms with Crippen LogP contribution in [0.1, 0.15) is 25.7 Å². The Balaban J connectivity index is 1.70. The molecule has 0 aromatic heterocycles. The van der Waals surface area contributed by atoms with Gasteiger partial charge in [0.05, 0.1) is 0 Å². The van der Waals surface area contributed by atoms with Crippen LogP contribution in [0, 0.1) is 0 Å². The van der Waals surface area contributed by atoms with Crippen LogP contribution < -0.4 is 10.6 Å². The summed E-state index contributed by atoms with van der Waals surface area (Å²) in [7, 11) is 0. The maximum absolute atomic E-state index is 12.8. The molecular formula is C15H24N4O2. The van der Waals surface area contributed by atoms with Crippen molar-refractivity contribution < 1.29 is 9.59 Å². The lowest BCUT2D eigenvalue weighted by molar-refractivity contribution is -0.134. The van der Waals surface area contributed by atoms with Gasteiger partial charge in [-0.25, -0.2) is 4.79 Å². The predicted octanol–water partition coefficient (Wildman–Crippen LogP) is 0.311. The van der Waals surface area contributed by atoms with Crippen LogP contribution in [0.5, 0.6) is 0 Å². The minimum absolute atomic E-state index is 0.00217. The second-order valence-electron chi connectivity index (χ2n) is 6.26. The average molecular weight is 292 g/mol. The lowest BCUT2D eigenvalue weighted by Crippen LogP contribution is -2.55. The number of nitrogens with zero attached hydrogens (tertiary/aromatic N) is 2. The van der Waals surface area contributed by atoms with Crippen LogP contribution in [-0.2, 0) is 4.79 Å². The van der Waals surface area contributed by atoms with Crippen molar-refractivity contribution in [2.75, 3.05) is 32.7 Å². The van der Waals surface area contributed by atoms with Gasteiger partial charge < -0.3 is 10.6 Å². The number of likely N-dealkylation sites (tertiary alicyclic amines) is 1. The molecule has 0 aromatic carbocycles. The van der Waals surface area contributed by atoms with Crippen LogP contribution in [0.15, 0.2) is 12.7 Å². The molecule has 3 amide bonds. The van der Waals surface area contributed by atoms with Crippen LogP contribution in [0.2, 0.25) is 0 Å². The van der Waals surface area contributed by atoms with Gasteiger partial charge in [-0.1, -0.05) is 6.08 Å². The number of rotatable bonds is 3. The van der Waals surface area contributed by atoms with Gasteiger partial charge in [-0.05, 0) is 38.8 Å². The number of hydrogen-bond donors (Lipinski definition) is 2. The topological polar surface area (TPSA) is 64.7 Å². The van der Waals surface area contributed by atoms with Crippen molar-refractivity contribution in [2.45, 2.75) is 37.3 Å². The third kappa shape index (κ3) is 2.58. The molecule has 3 heterocycles. The van der Waals surface area contributed by atoms with Crippen molar-refractivity contribution in [3.05, 3.63) is 12.7 Å². The summed E-state index contributed by atoms with van der Waals surface area (Å²) in [5, 5.41) is 6.27. The summed E-state index contributed by atoms with van der Waals surface area (Å²) >= 11 is 0. The van der Waals surface area contributed by atoms with Crippen LogP contribution in [0.25, 0.3) is 0 Å². The van der Waals surface area contributed by atoms with E-state index in [1.807, 2.05) is 6.08 Å². The van der Waals surface area contributed by atoms with Crippen LogP contribution in [0.3, 0.4) is 0 Å². The Bertz CT molecular complexity index is 437. The fourth-order valence-corrected chi connectivity index (χ4v) is 3.68. The first-order chi connectivity index (χ1) is 10.2. The molecular weight excluding hydrogens is 268 g/mol. The molecule has 0 saturated carbocycles. The van der Waals surface area contributed by atoms with E-state index in [1.54, 1.807) is 0 Å². The van der Waals surface area contributed by atoms with Gasteiger partial charge in [-0.3, -0.25) is 14.6 Å². The molecule has 116 valence electrons. The first-order valence-corrected chi connectivity index (χ1v) is 7.86. The van der Waals surface area contributed by atoms with Crippen molar-refractivity contribution in [1.82, 2.24) is 20.4 Å². The second-order valence-corrected chi connectivity index (χ2v) is 6.26. The molecule has 3 fully saturated rings. The SMILES string of the molecule is C=CCN1CCC2(CC1)NC(=O)N(C1CCNCC1)C2=O. The summed E-state index contributed by atoms with van der Waals surface area (Å²) in [6.45, 7) is 8.01. The van der Waals surface area contributed by atoms with Crippen LogP contribution >= 0.6 is 0 Å². The van der Waals surface area contributed by atoms with E-state index in [2.05, 4.69) is 22.1 Å². The highest BCUT2D eigenvalue weighted by Gasteiger charge is 2.53. The molecule has 0 radical (unpaired) electrons. The highest BCUT2D eigenvalue weighted by Crippen LogP contribution is 2.31. The van der Waals surface area contributed by atoms with Crippen molar-refractivity contribution in [3.8, 4) is 0 Å². The van der Waals surface area contributed by atoms with E-state index in [0.717, 1.165) is 45.6 Å². The third-order valence-electron chi connectivity index (χ3n) is 4.96. The molecule has 21 heavy (non-hydrogen) atoms. The molecule has 2 N–H and O–H groups in total. The molecule has 3 aliphatic rings. The van der Waals surface area contributed by atoms with Crippen molar-refractivity contribution in [1.29, 1.82) is 0 Å². The number of urea groups is 1. The van der Waals surface area contributed by atoms with Crippen molar-refractivity contribution in [3.63, 3.8) is 0 Å². The van der Waals surface area contributed by atoms with E-state index in [-0.39, 0.29) is 18.0 Å². The molecule has 0 unspecified atom stereocenters. The summed E-state index contributed by atoms with van der Waals surface area (Å²) in [4.78, 5) is 28.9. The maximum atomic E-state index is 12.8. The molecule has 0 aromatic rings. The normalized spacial score (nSPS) is 27.1. The summed E-state index contributed by atoms with van der Waals surface area (Å²) in [5.41, 5.74) is -0.653. The standard InChI is InChI=1S/C15H24N4O2/c1-2-9-18-10-5-15(6-11-18)13(20)19(14(21)17-15)12-3-7-16-8-4-12/h2,12,16H,1,3-11H2,(H,17,21). The van der Waals surface area contributed by atoms with Gasteiger partial charge in [0.1, 0.15) is 5.54 Å². The largest absolute Gasteiger partial charge is 0.325 e. The number of nitrogens with one attached hydrogen (secondary N) is 2. The lowest BCUT2D eigenvalue weighted by atomic mass is 9.87. The highest BCUT2D eigenvalue weighted by atomic mass is 16.2. The van der Waals surface area contributed by atoms with E-state index in [1.165, 1.54) is 4.90 Å². The summed E-state index contributed by atoms with van der Waals surface area (Å²) < 4.78 is 0. The quantitative estimate of drug-likeness (QED) is 0.580. The third-order valence-corrected chi connectivity index (χ3v) is 4.96. The number of imide groups is 1. The Kier molecular flexibility index (Phi) is 3.99. The van der Waals surface area contributed by atoms with E-state index in [0.29, 0.717) is 12.8 Å². The Morgan fingerprint density at radius 2 is 1.90 bits per heavy atom. The van der Waals surface area contributed by atoms with E-state index in [9.17, 15) is 9.59 Å². The lowest BCUT2D eigenvalue weighted by Gasteiger charge is -2.37. The Morgan fingerprint density at radius 3 is 2.52 bits per heavy atom. The zero-order chi connectivity index (χ0) is 14.9. The molecule has 3 aliphatic heterocycles. The Hall–Kier alpha value is -1.40. The van der Waals surface area contributed by atoms with Crippen LogP contribution in [-0.4, -0.2) is 66.0 Å². The zero-order valence-corrected chi connectivity index (χ0v) is 12.4. The van der Waals surface area contributed by atoms with Crippen molar-refractivity contribution in [2.24, 2.45) is 0 Å². The Labute approximate surface area is 125 Å². The van der Waals surface area contributed by atoms with Gasteiger partial charge in [0.15, 0.2) is 0 Å². The first-order valence-electron chi connectivity index (χ1n) is 7.86. The molecule has 0 aliphatic carbocycles. The first kappa shape index (κ1) is 14.5. The van der Waals surface area contributed by atoms with Gasteiger partial charge in [0.2, 0.25) is 0 Å². The smallest absolute Gasteiger partial charge is 0.323 e. The monoisotopic (exact) mass is 292 g/mol. The van der Waals surface area contributed by atoms with Crippen molar-refractivity contribution >= 4 is 11.9 Å². The molecule has 3 rings (SSSR count). The predicted molar refractivity (Wildman–Crippen MR) is 79.9 cm³/mol. The maximum Gasteiger partial charge on any atom is 0.325 e. The fourth-order valence-electron chi connectivity index (χ4n) is 3.68. The number of amides is 3. The molecule has 6 nitrogen and oxygen atoms in total. The van der Waals surface area contributed by atoms with Crippen LogP contribution in [0.4, 0.5) is 4.79 Å². The average Bonchev–Trinajstić information content (AvgIpc) is 2.74. The van der Waals surface area contributed by atoms with E-state index >= 15 is 0 Å². The second kappa shape index (κ2) is 5.77. The number of piperidine rings is 2. The molecule has 0 bridgehead atoms. The van der Waals surface area contributed by atoms with Gasteiger partial charge in [0, 0.05) is 25.7 Å². The zero-order valence-electron chi connectivity index (χ0n) is 12.4. The van der Waals surface area contributed by atoms with Gasteiger partial charge in [0.25, 0.3) is 5.91 Å². The summed E-state index contributed by atoms with van der Waals surface area (Å²) in [6.07, 6.45) is 5.00. The fraction of sp³-hybridized carbons (Fsp3) is 0.733. The van der Waals surface area contributed by atoms with E-state index in [4.69, 9.17) is 0 Å². The molecule has 0 atom stereocenters. The molecule has 3 saturated heterocycles. The summed E-state index contributed by atoms with van der Waals surface area (Å²) in [6, 6.07) is -0.131. The molecule has 1 spiro atoms. The van der Waals surface area contributed by atoms with E-state index < -0.39 is 5.54 Å². The molecule has 6 heteroatoms. The summed E-state index contributed by atoms with van der Waals surface area (Å²) in [5.74, 6) is -0.00217. The van der Waals surface area contributed by atoms with Gasteiger partial charge in [-0.15, -0.1) is 6.58 Å². The van der Waals surface area contributed by atoms with Gasteiger partial charge >= 0.3 is 6.03 Å². The highest BCUT2D eigenvalue weighted by molar-refractivity contribution is 6.07. The number of carbonyl (C=O) groups excluding carboxylic acids is 2. The Morgan fingerprint density at radius 1 is 1.24 bits per heavy atom. The number of hydrogen-bond acceptors (Lipinski definition) is 4. The minimum atomic E-state index is -0.653. The number of carbonyl (C=O) groups is 2. The van der Waals surface area contributed by atoms with Gasteiger partial charge in [-0.2, -0.15) is 0 Å². The minimum Gasteiger partial charge on any atom is -0.323 e.